The molecule has 28 heteroatoms. The summed E-state index contributed by atoms with van der Waals surface area (Å²) in [5.74, 6) is -7.71. The summed E-state index contributed by atoms with van der Waals surface area (Å²) in [6.45, 7) is 5.89. The number of carbonyl (C=O) groups excluding carboxylic acids is 10. The molecule has 19 N–H and O–H groups in total. The molecule has 0 saturated carbocycles. The Labute approximate surface area is 503 Å². The van der Waals surface area contributed by atoms with Crippen LogP contribution in [0.3, 0.4) is 0 Å². The number of carbonyl (C=O) groups is 10. The number of amides is 11. The van der Waals surface area contributed by atoms with Crippen LogP contribution < -0.4 is 64.6 Å². The second-order valence-electron chi connectivity index (χ2n) is 22.0. The minimum Gasteiger partial charge on any atom is -0.508 e. The van der Waals surface area contributed by atoms with Crippen molar-refractivity contribution in [1.29, 1.82) is 5.41 Å². The highest BCUT2D eigenvalue weighted by Crippen LogP contribution is 2.23. The number of aromatic amines is 1. The molecule has 4 aromatic rings. The summed E-state index contributed by atoms with van der Waals surface area (Å²) in [7, 11) is 1.56. The molecule has 87 heavy (non-hydrogen) atoms. The van der Waals surface area contributed by atoms with Crippen molar-refractivity contribution in [2.75, 3.05) is 26.7 Å². The summed E-state index contributed by atoms with van der Waals surface area (Å²) in [5.41, 5.74) is 14.2. The normalized spacial score (nSPS) is 16.5. The van der Waals surface area contributed by atoms with Gasteiger partial charge >= 0.3 is 6.03 Å². The number of nitrogens with two attached hydrogens (primary N) is 2. The number of aromatic hydroxyl groups is 1. The van der Waals surface area contributed by atoms with Crippen LogP contribution in [0.5, 0.6) is 5.75 Å². The highest BCUT2D eigenvalue weighted by atomic mass is 16.3. The van der Waals surface area contributed by atoms with Crippen LogP contribution in [0.1, 0.15) is 82.9 Å². The molecule has 1 saturated heterocycles. The fourth-order valence-corrected chi connectivity index (χ4v) is 10.0. The van der Waals surface area contributed by atoms with Gasteiger partial charge in [-0.05, 0) is 79.8 Å². The van der Waals surface area contributed by atoms with Crippen LogP contribution in [-0.2, 0) is 62.4 Å². The molecular weight excluding hydrogens is 1130 g/mol. The number of fused-ring (bicyclic) bond motifs is 1. The van der Waals surface area contributed by atoms with E-state index in [0.29, 0.717) is 12.0 Å². The maximum absolute atomic E-state index is 14.1. The van der Waals surface area contributed by atoms with Gasteiger partial charge < -0.3 is 89.8 Å². The quantitative estimate of drug-likeness (QED) is 0.0145. The van der Waals surface area contributed by atoms with E-state index in [1.54, 1.807) is 43.6 Å². The lowest BCUT2D eigenvalue weighted by atomic mass is 10.0. The molecule has 1 aliphatic heterocycles. The van der Waals surface area contributed by atoms with E-state index >= 15 is 0 Å². The molecule has 11 amide bonds. The molecule has 28 nitrogen and oxygen atoms in total. The lowest BCUT2D eigenvalue weighted by Crippen LogP contribution is -2.60. The van der Waals surface area contributed by atoms with Crippen LogP contribution in [0.25, 0.3) is 10.9 Å². The fourth-order valence-electron chi connectivity index (χ4n) is 10.0. The molecule has 3 aromatic carbocycles. The first-order chi connectivity index (χ1) is 41.3. The first kappa shape index (κ1) is 68.5. The van der Waals surface area contributed by atoms with E-state index in [1.165, 1.54) is 38.1 Å². The van der Waals surface area contributed by atoms with Gasteiger partial charge in [-0.3, -0.25) is 48.6 Å². The number of aliphatic hydroxyl groups excluding tert-OH is 2. The Balaban J connectivity index is 1.25. The summed E-state index contributed by atoms with van der Waals surface area (Å²) < 4.78 is 0. The van der Waals surface area contributed by atoms with Gasteiger partial charge in [0.1, 0.15) is 48.0 Å². The fraction of sp³-hybridized carbons (Fsp3) is 0.475. The molecule has 0 spiro atoms. The molecule has 10 atom stereocenters. The van der Waals surface area contributed by atoms with Crippen molar-refractivity contribution >= 4 is 76.1 Å². The molecule has 1 aromatic heterocycles. The minimum absolute atomic E-state index is 0.0332. The zero-order chi connectivity index (χ0) is 63.9. The van der Waals surface area contributed by atoms with E-state index in [2.05, 4.69) is 58.2 Å². The summed E-state index contributed by atoms with van der Waals surface area (Å²) in [4.78, 5) is 139. The van der Waals surface area contributed by atoms with Crippen LogP contribution in [0, 0.1) is 11.3 Å². The largest absolute Gasteiger partial charge is 0.508 e. The predicted octanol–water partition coefficient (Wildman–Crippen LogP) is -1.84. The maximum atomic E-state index is 14.1. The number of urea groups is 1. The van der Waals surface area contributed by atoms with Crippen molar-refractivity contribution in [3.8, 4) is 5.75 Å². The van der Waals surface area contributed by atoms with Gasteiger partial charge in [-0.2, -0.15) is 0 Å². The van der Waals surface area contributed by atoms with Crippen molar-refractivity contribution < 1.29 is 63.3 Å². The zero-order valence-electron chi connectivity index (χ0n) is 49.4. The predicted molar refractivity (Wildman–Crippen MR) is 320 cm³/mol. The Morgan fingerprint density at radius 2 is 1.33 bits per heavy atom. The Hall–Kier alpha value is -9.31. The molecule has 1 fully saturated rings. The Bertz CT molecular complexity index is 3030. The number of phenols is 1. The Morgan fingerprint density at radius 1 is 0.690 bits per heavy atom. The van der Waals surface area contributed by atoms with E-state index in [1.807, 2.05) is 38.1 Å². The monoisotopic (exact) mass is 1210 g/mol. The van der Waals surface area contributed by atoms with Crippen LogP contribution in [0.2, 0.25) is 0 Å². The molecule has 472 valence electrons. The van der Waals surface area contributed by atoms with Gasteiger partial charge in [-0.1, -0.05) is 74.5 Å². The van der Waals surface area contributed by atoms with E-state index in [-0.39, 0.29) is 82.2 Å². The van der Waals surface area contributed by atoms with E-state index in [9.17, 15) is 63.3 Å². The zero-order valence-corrected chi connectivity index (χ0v) is 49.4. The van der Waals surface area contributed by atoms with Crippen molar-refractivity contribution in [2.45, 2.75) is 146 Å². The Kier molecular flexibility index (Phi) is 26.3. The third kappa shape index (κ3) is 21.9. The average molecular weight is 1210 g/mol. The lowest BCUT2D eigenvalue weighted by Gasteiger charge is -2.30. The number of β-amino-alcohol motifs (C(OH)–C–C–N with tert-alkyl or cyclic N) is 1. The van der Waals surface area contributed by atoms with Gasteiger partial charge in [0.05, 0.1) is 18.6 Å². The smallest absolute Gasteiger partial charge is 0.315 e. The number of rotatable bonds is 32. The third-order valence-electron chi connectivity index (χ3n) is 14.4. The van der Waals surface area contributed by atoms with Gasteiger partial charge in [-0.25, -0.2) is 4.79 Å². The maximum Gasteiger partial charge on any atom is 0.315 e. The first-order valence-electron chi connectivity index (χ1n) is 28.8. The lowest BCUT2D eigenvalue weighted by molar-refractivity contribution is -0.142. The van der Waals surface area contributed by atoms with Gasteiger partial charge in [-0.15, -0.1) is 0 Å². The third-order valence-corrected chi connectivity index (χ3v) is 14.4. The molecule has 1 aliphatic rings. The number of aromatic nitrogens is 1. The number of nitrogens with one attached hydrogen (secondary N) is 12. The number of primary amides is 2. The summed E-state index contributed by atoms with van der Waals surface area (Å²) in [6.07, 6.45) is -1.43. The number of hydrogen-bond acceptors (Lipinski definition) is 14. The number of para-hydroxylation sites is 1. The van der Waals surface area contributed by atoms with Crippen LogP contribution in [-0.4, -0.2) is 178 Å². The van der Waals surface area contributed by atoms with Crippen molar-refractivity contribution in [3.05, 3.63) is 102 Å². The highest BCUT2D eigenvalue weighted by molar-refractivity contribution is 5.98. The molecule has 0 unspecified atom stereocenters. The molecule has 0 aliphatic carbocycles. The number of aliphatic hydroxyl groups is 2. The second-order valence-corrected chi connectivity index (χ2v) is 22.0. The molecular formula is C59H83N15O13. The standard InChI is InChI=1S/C59H83N15O13/c1-32(2)24-45(53(82)69-43(16-11-22-64-58(62)63-5)52(81)70-44(51(61)80)27-37-30-66-42-15-10-9-14-41(37)42)72-59(87)65-23-21-38(25-35-12-7-6-8-13-35)68-56(85)50(33(3)75)73-54(83)46(29-49(60)79)71-55(84)48-28-40(78)31-74(48)57(86)47(67-34(4)76)26-36-17-19-39(77)20-18-36/h6-10,12-15,17-20,30,32-33,38,40,43-48,50,66,75,77-78H,11,16,21-29,31H2,1-5H3,(H2,60,79)(H2,61,80)(H,67,76)(H,68,85)(H,69,82)(H,70,81)(H,71,84)(H,73,83)(H3,62,63,64)(H2,65,72,87)/t33-,38-,40-,43+,44+,45+,46+,47-,48+,50+/m1/s1. The number of H-pyrrole nitrogens is 1. The minimum atomic E-state index is -1.76. The number of likely N-dealkylation sites (tertiary alicyclic amines) is 1. The SMILES string of the molecule is CNC(=N)NCCC[C@H](NC(=O)[C@H](CC(C)C)NC(=O)NCC[C@H](Cc1ccccc1)NC(=O)[C@@H](NC(=O)[C@H](CC(N)=O)NC(=O)[C@@H]1C[C@@H](O)CN1C(=O)[C@@H](Cc1ccc(O)cc1)NC(C)=O)[C@@H](C)O)C(=O)N[C@@H](Cc1c[nH]c2ccccc12)C(N)=O. The second kappa shape index (κ2) is 33.4. The first-order valence-corrected chi connectivity index (χ1v) is 28.8. The average Bonchev–Trinajstić information content (AvgIpc) is 2.36. The molecule has 0 bridgehead atoms. The molecule has 5 rings (SSSR count). The highest BCUT2D eigenvalue weighted by Gasteiger charge is 2.43. The Morgan fingerprint density at radius 3 is 1.98 bits per heavy atom. The summed E-state index contributed by atoms with van der Waals surface area (Å²) in [6, 6.07) is 11.0. The van der Waals surface area contributed by atoms with Gasteiger partial charge in [0, 0.05) is 76.0 Å². The van der Waals surface area contributed by atoms with Crippen LogP contribution >= 0.6 is 0 Å². The van der Waals surface area contributed by atoms with E-state index < -0.39 is 126 Å². The van der Waals surface area contributed by atoms with Crippen molar-refractivity contribution in [3.63, 3.8) is 0 Å². The van der Waals surface area contributed by atoms with Crippen molar-refractivity contribution in [2.24, 2.45) is 17.4 Å². The van der Waals surface area contributed by atoms with Gasteiger partial charge in [0.2, 0.25) is 53.2 Å². The van der Waals surface area contributed by atoms with Crippen LogP contribution in [0.15, 0.2) is 85.1 Å². The number of guanidine groups is 1. The number of nitrogens with zero attached hydrogens (tertiary/aromatic N) is 1. The molecule has 2 heterocycles. The summed E-state index contributed by atoms with van der Waals surface area (Å²) in [5, 5.41) is 66.6. The van der Waals surface area contributed by atoms with E-state index in [0.717, 1.165) is 26.9 Å². The topological polar surface area (TPSA) is 447 Å². The van der Waals surface area contributed by atoms with Crippen molar-refractivity contribution in [1.82, 2.24) is 63.1 Å². The van der Waals surface area contributed by atoms with Gasteiger partial charge in [0.25, 0.3) is 0 Å². The molecule has 0 radical (unpaired) electrons. The van der Waals surface area contributed by atoms with E-state index in [4.69, 9.17) is 16.9 Å². The van der Waals surface area contributed by atoms with Crippen LogP contribution in [0.4, 0.5) is 4.79 Å². The number of benzene rings is 3. The number of phenolic OH excluding ortho intramolecular Hbond substituents is 1. The summed E-state index contributed by atoms with van der Waals surface area (Å²) >= 11 is 0. The number of hydrogen-bond donors (Lipinski definition) is 17. The van der Waals surface area contributed by atoms with Gasteiger partial charge in [0.15, 0.2) is 5.96 Å².